The van der Waals surface area contributed by atoms with Crippen molar-refractivity contribution in [1.29, 1.82) is 0 Å². The first kappa shape index (κ1) is 14.6. The van der Waals surface area contributed by atoms with Gasteiger partial charge in [0.25, 0.3) is 0 Å². The molecule has 2 fully saturated rings. The summed E-state index contributed by atoms with van der Waals surface area (Å²) in [5, 5.41) is 3.54. The number of nitrogens with zero attached hydrogens (tertiary/aromatic N) is 2. The van der Waals surface area contributed by atoms with Crippen LogP contribution in [0.25, 0.3) is 0 Å². The average Bonchev–Trinajstić information content (AvgIpc) is 3.15. The highest BCUT2D eigenvalue weighted by atomic mass is 16.1. The molecule has 5 heteroatoms. The molecule has 0 aliphatic heterocycles. The minimum atomic E-state index is -0.516. The van der Waals surface area contributed by atoms with E-state index < -0.39 is 5.54 Å². The van der Waals surface area contributed by atoms with Gasteiger partial charge in [0.15, 0.2) is 0 Å². The summed E-state index contributed by atoms with van der Waals surface area (Å²) in [6.45, 7) is 2.17. The summed E-state index contributed by atoms with van der Waals surface area (Å²) in [5.41, 5.74) is 5.25. The zero-order valence-electron chi connectivity index (χ0n) is 12.8. The number of imidazole rings is 1. The lowest BCUT2D eigenvalue weighted by molar-refractivity contribution is -0.126. The number of nitrogens with two attached hydrogens (primary N) is 1. The number of hydrogen-bond donors (Lipinski definition) is 2. The first-order valence-electron chi connectivity index (χ1n) is 8.24. The average molecular weight is 290 g/mol. The number of hydrogen-bond acceptors (Lipinski definition) is 3. The van der Waals surface area contributed by atoms with E-state index in [9.17, 15) is 4.79 Å². The van der Waals surface area contributed by atoms with Gasteiger partial charge in [0.1, 0.15) is 5.82 Å². The molecule has 2 saturated carbocycles. The number of aryl methyl sites for hydroxylation is 1. The summed E-state index contributed by atoms with van der Waals surface area (Å²) < 4.78 is 2.27. The minimum absolute atomic E-state index is 0.184. The molecule has 2 atom stereocenters. The van der Waals surface area contributed by atoms with Crippen LogP contribution in [0.3, 0.4) is 0 Å². The summed E-state index contributed by atoms with van der Waals surface area (Å²) in [6, 6.07) is 0.829. The first-order chi connectivity index (χ1) is 10.1. The fraction of sp³-hybridized carbons (Fsp3) is 0.750. The Morgan fingerprint density at radius 3 is 3.00 bits per heavy atom. The predicted molar refractivity (Wildman–Crippen MR) is 81.8 cm³/mol. The fourth-order valence-electron chi connectivity index (χ4n) is 3.62. The number of aromatic nitrogens is 2. The molecule has 2 unspecified atom stereocenters. The normalized spacial score (nSPS) is 29.5. The van der Waals surface area contributed by atoms with Crippen LogP contribution in [0.5, 0.6) is 0 Å². The van der Waals surface area contributed by atoms with Gasteiger partial charge in [0.05, 0.1) is 5.54 Å². The molecule has 0 saturated heterocycles. The van der Waals surface area contributed by atoms with Crippen LogP contribution in [-0.2, 0) is 11.2 Å². The third-order valence-electron chi connectivity index (χ3n) is 4.87. The summed E-state index contributed by atoms with van der Waals surface area (Å²) in [6.07, 6.45) is 12.2. The molecule has 3 rings (SSSR count). The molecule has 1 heterocycles. The van der Waals surface area contributed by atoms with Crippen LogP contribution < -0.4 is 11.1 Å². The highest BCUT2D eigenvalue weighted by molar-refractivity contribution is 5.85. The summed E-state index contributed by atoms with van der Waals surface area (Å²) in [5.74, 6) is 0.949. The van der Waals surface area contributed by atoms with E-state index in [1.807, 2.05) is 6.20 Å². The van der Waals surface area contributed by atoms with E-state index in [1.54, 1.807) is 0 Å². The zero-order chi connectivity index (χ0) is 14.9. The quantitative estimate of drug-likeness (QED) is 0.840. The lowest BCUT2D eigenvalue weighted by Crippen LogP contribution is -2.58. The molecule has 2 aliphatic carbocycles. The van der Waals surface area contributed by atoms with Crippen molar-refractivity contribution < 1.29 is 4.79 Å². The van der Waals surface area contributed by atoms with Crippen molar-refractivity contribution in [3.8, 4) is 0 Å². The van der Waals surface area contributed by atoms with Crippen LogP contribution >= 0.6 is 0 Å². The van der Waals surface area contributed by atoms with E-state index in [0.29, 0.717) is 12.1 Å². The van der Waals surface area contributed by atoms with Gasteiger partial charge >= 0.3 is 0 Å². The van der Waals surface area contributed by atoms with Crippen molar-refractivity contribution in [2.75, 3.05) is 0 Å². The van der Waals surface area contributed by atoms with Gasteiger partial charge < -0.3 is 15.6 Å². The van der Waals surface area contributed by atoms with Gasteiger partial charge in [-0.05, 0) is 44.9 Å². The second-order valence-corrected chi connectivity index (χ2v) is 6.62. The van der Waals surface area contributed by atoms with Gasteiger partial charge in [-0.2, -0.15) is 0 Å². The standard InChI is InChI=1S/C16H26N4O/c1-2-4-14-18-9-10-20(14)13-5-3-8-16(11-13,15(17)21)19-12-6-7-12/h9-10,12-13,19H,2-8,11H2,1H3,(H2,17,21). The van der Waals surface area contributed by atoms with Crippen molar-refractivity contribution in [1.82, 2.24) is 14.9 Å². The molecular formula is C16H26N4O. The molecular weight excluding hydrogens is 264 g/mol. The van der Waals surface area contributed by atoms with Crippen molar-refractivity contribution >= 4 is 5.91 Å². The van der Waals surface area contributed by atoms with Crippen LogP contribution in [0.15, 0.2) is 12.4 Å². The highest BCUT2D eigenvalue weighted by Gasteiger charge is 2.45. The molecule has 0 aromatic carbocycles. The lowest BCUT2D eigenvalue weighted by Gasteiger charge is -2.40. The maximum atomic E-state index is 12.1. The number of amides is 1. The zero-order valence-corrected chi connectivity index (χ0v) is 12.8. The van der Waals surface area contributed by atoms with Gasteiger partial charge in [-0.25, -0.2) is 4.98 Å². The monoisotopic (exact) mass is 290 g/mol. The van der Waals surface area contributed by atoms with Crippen LogP contribution in [0.4, 0.5) is 0 Å². The van der Waals surface area contributed by atoms with Gasteiger partial charge in [-0.3, -0.25) is 4.79 Å². The molecule has 0 radical (unpaired) electrons. The number of carbonyl (C=O) groups is 1. The van der Waals surface area contributed by atoms with E-state index in [4.69, 9.17) is 5.73 Å². The molecule has 21 heavy (non-hydrogen) atoms. The molecule has 0 spiro atoms. The van der Waals surface area contributed by atoms with Crippen molar-refractivity contribution in [2.24, 2.45) is 5.73 Å². The largest absolute Gasteiger partial charge is 0.368 e. The Bertz CT molecular complexity index is 508. The van der Waals surface area contributed by atoms with Gasteiger partial charge in [-0.1, -0.05) is 6.92 Å². The van der Waals surface area contributed by atoms with Crippen molar-refractivity contribution in [2.45, 2.75) is 75.9 Å². The Hall–Kier alpha value is -1.36. The Balaban J connectivity index is 1.80. The lowest BCUT2D eigenvalue weighted by atomic mass is 9.78. The van der Waals surface area contributed by atoms with E-state index in [-0.39, 0.29) is 5.91 Å². The third-order valence-corrected chi connectivity index (χ3v) is 4.87. The van der Waals surface area contributed by atoms with E-state index >= 15 is 0 Å². The van der Waals surface area contributed by atoms with E-state index in [1.165, 1.54) is 12.8 Å². The van der Waals surface area contributed by atoms with Crippen molar-refractivity contribution in [3.05, 3.63) is 18.2 Å². The second kappa shape index (κ2) is 5.79. The van der Waals surface area contributed by atoms with Gasteiger partial charge in [-0.15, -0.1) is 0 Å². The van der Waals surface area contributed by atoms with Crippen LogP contribution in [-0.4, -0.2) is 27.0 Å². The number of carbonyl (C=O) groups excluding carboxylic acids is 1. The van der Waals surface area contributed by atoms with Gasteiger partial charge in [0, 0.05) is 30.9 Å². The molecule has 3 N–H and O–H groups in total. The molecule has 2 aliphatic rings. The predicted octanol–water partition coefficient (Wildman–Crippen LogP) is 1.93. The maximum Gasteiger partial charge on any atom is 0.237 e. The Morgan fingerprint density at radius 1 is 1.52 bits per heavy atom. The molecule has 0 bridgehead atoms. The molecule has 116 valence electrons. The van der Waals surface area contributed by atoms with Crippen LogP contribution in [0.1, 0.15) is 63.7 Å². The molecule has 1 amide bonds. The number of nitrogens with one attached hydrogen (secondary N) is 1. The second-order valence-electron chi connectivity index (χ2n) is 6.62. The summed E-state index contributed by atoms with van der Waals surface area (Å²) in [4.78, 5) is 16.6. The SMILES string of the molecule is CCCc1nccn1C1CCCC(NC2CC2)(C(N)=O)C1. The summed E-state index contributed by atoms with van der Waals surface area (Å²) in [7, 11) is 0. The van der Waals surface area contributed by atoms with E-state index in [0.717, 1.165) is 44.3 Å². The van der Waals surface area contributed by atoms with Crippen molar-refractivity contribution in [3.63, 3.8) is 0 Å². The van der Waals surface area contributed by atoms with E-state index in [2.05, 4.69) is 28.0 Å². The molecule has 5 nitrogen and oxygen atoms in total. The van der Waals surface area contributed by atoms with Crippen LogP contribution in [0.2, 0.25) is 0 Å². The molecule has 1 aromatic heterocycles. The Kier molecular flexibility index (Phi) is 4.02. The molecule has 1 aromatic rings. The minimum Gasteiger partial charge on any atom is -0.368 e. The van der Waals surface area contributed by atoms with Crippen LogP contribution in [0, 0.1) is 0 Å². The Labute approximate surface area is 126 Å². The fourth-order valence-corrected chi connectivity index (χ4v) is 3.62. The highest BCUT2D eigenvalue weighted by Crippen LogP contribution is 2.38. The summed E-state index contributed by atoms with van der Waals surface area (Å²) >= 11 is 0. The maximum absolute atomic E-state index is 12.1. The number of rotatable bonds is 6. The third kappa shape index (κ3) is 2.98. The Morgan fingerprint density at radius 2 is 2.33 bits per heavy atom. The smallest absolute Gasteiger partial charge is 0.237 e. The van der Waals surface area contributed by atoms with Gasteiger partial charge in [0.2, 0.25) is 5.91 Å². The number of primary amides is 1. The topological polar surface area (TPSA) is 72.9 Å². The first-order valence-corrected chi connectivity index (χ1v) is 8.24.